The minimum absolute atomic E-state index is 0.0456. The van der Waals surface area contributed by atoms with Crippen LogP contribution in [0.3, 0.4) is 0 Å². The van der Waals surface area contributed by atoms with Crippen LogP contribution in [0.1, 0.15) is 15.9 Å². The molecule has 5 nitrogen and oxygen atoms in total. The third kappa shape index (κ3) is 3.36. The molecule has 0 fully saturated rings. The van der Waals surface area contributed by atoms with Gasteiger partial charge in [0.25, 0.3) is 5.69 Å². The molecule has 2 aromatic rings. The second-order valence-corrected chi connectivity index (χ2v) is 4.76. The minimum Gasteiger partial charge on any atom is -0.288 e. The fraction of sp³-hybridized carbons (Fsp3) is 0. The number of ketones is 1. The molecule has 0 saturated heterocycles. The highest BCUT2D eigenvalue weighted by Crippen LogP contribution is 2.19. The third-order valence-corrected chi connectivity index (χ3v) is 3.15. The van der Waals surface area contributed by atoms with E-state index in [2.05, 4.69) is 20.9 Å². The number of halogens is 1. The Hall–Kier alpha value is -2.34. The van der Waals surface area contributed by atoms with Crippen molar-refractivity contribution in [1.29, 1.82) is 0 Å². The van der Waals surface area contributed by atoms with Crippen LogP contribution in [0.25, 0.3) is 6.08 Å². The van der Waals surface area contributed by atoms with Gasteiger partial charge in [-0.2, -0.15) is 0 Å². The van der Waals surface area contributed by atoms with Gasteiger partial charge in [0.05, 0.1) is 9.41 Å². The van der Waals surface area contributed by atoms with E-state index in [1.54, 1.807) is 30.6 Å². The number of pyridine rings is 1. The van der Waals surface area contributed by atoms with E-state index in [0.717, 1.165) is 5.56 Å². The zero-order chi connectivity index (χ0) is 14.5. The first-order chi connectivity index (χ1) is 9.58. The maximum Gasteiger partial charge on any atom is 0.269 e. The highest BCUT2D eigenvalue weighted by atomic mass is 79.9. The lowest BCUT2D eigenvalue weighted by Gasteiger charge is -2.00. The largest absolute Gasteiger partial charge is 0.288 e. The monoisotopic (exact) mass is 332 g/mol. The average molecular weight is 333 g/mol. The lowest BCUT2D eigenvalue weighted by atomic mass is 10.1. The Labute approximate surface area is 123 Å². The van der Waals surface area contributed by atoms with Crippen molar-refractivity contribution >= 4 is 33.5 Å². The number of nitro groups is 1. The van der Waals surface area contributed by atoms with Crippen molar-refractivity contribution in [1.82, 2.24) is 4.98 Å². The maximum absolute atomic E-state index is 12.1. The number of benzene rings is 1. The first-order valence-electron chi connectivity index (χ1n) is 5.64. The van der Waals surface area contributed by atoms with Gasteiger partial charge in [-0.1, -0.05) is 0 Å². The van der Waals surface area contributed by atoms with Crippen LogP contribution in [0.2, 0.25) is 0 Å². The van der Waals surface area contributed by atoms with Crippen molar-refractivity contribution in [3.8, 4) is 0 Å². The topological polar surface area (TPSA) is 73.1 Å². The molecule has 2 rings (SSSR count). The Morgan fingerprint density at radius 2 is 1.75 bits per heavy atom. The van der Waals surface area contributed by atoms with E-state index in [4.69, 9.17) is 0 Å². The normalized spacial score (nSPS) is 11.2. The molecule has 0 unspecified atom stereocenters. The molecule has 1 heterocycles. The molecular formula is C14H9BrN2O3. The molecule has 0 bridgehead atoms. The highest BCUT2D eigenvalue weighted by Gasteiger charge is 2.12. The predicted molar refractivity (Wildman–Crippen MR) is 78.6 cm³/mol. The molecular weight excluding hydrogens is 324 g/mol. The number of nitrogens with zero attached hydrogens (tertiary/aromatic N) is 2. The van der Waals surface area contributed by atoms with Crippen molar-refractivity contribution in [2.75, 3.05) is 0 Å². The fourth-order valence-electron chi connectivity index (χ4n) is 1.54. The van der Waals surface area contributed by atoms with E-state index in [9.17, 15) is 14.9 Å². The number of rotatable bonds is 4. The maximum atomic E-state index is 12.1. The van der Waals surface area contributed by atoms with Crippen LogP contribution in [0.15, 0.2) is 53.3 Å². The average Bonchev–Trinajstić information content (AvgIpc) is 2.47. The lowest BCUT2D eigenvalue weighted by molar-refractivity contribution is -0.384. The molecule has 0 aliphatic heterocycles. The summed E-state index contributed by atoms with van der Waals surface area (Å²) in [4.78, 5) is 26.1. The van der Waals surface area contributed by atoms with Crippen LogP contribution in [0, 0.1) is 10.1 Å². The minimum atomic E-state index is -0.504. The van der Waals surface area contributed by atoms with E-state index in [1.807, 2.05) is 0 Å². The molecule has 20 heavy (non-hydrogen) atoms. The van der Waals surface area contributed by atoms with Gasteiger partial charge in [0.15, 0.2) is 5.78 Å². The molecule has 6 heteroatoms. The molecule has 1 aromatic heterocycles. The fourth-order valence-corrected chi connectivity index (χ4v) is 2.04. The van der Waals surface area contributed by atoms with Crippen LogP contribution in [0.4, 0.5) is 5.69 Å². The molecule has 0 atom stereocenters. The van der Waals surface area contributed by atoms with Crippen molar-refractivity contribution < 1.29 is 9.72 Å². The van der Waals surface area contributed by atoms with Gasteiger partial charge < -0.3 is 0 Å². The van der Waals surface area contributed by atoms with E-state index in [-0.39, 0.29) is 11.5 Å². The third-order valence-electron chi connectivity index (χ3n) is 2.56. The Morgan fingerprint density at radius 1 is 1.15 bits per heavy atom. The Kier molecular flexibility index (Phi) is 4.37. The Morgan fingerprint density at radius 3 is 2.30 bits per heavy atom. The van der Waals surface area contributed by atoms with Gasteiger partial charge in [-0.3, -0.25) is 19.9 Å². The molecule has 0 aliphatic carbocycles. The number of nitro benzene ring substituents is 1. The molecule has 0 amide bonds. The predicted octanol–water partition coefficient (Wildman–Crippen LogP) is 3.61. The summed E-state index contributed by atoms with van der Waals surface area (Å²) >= 11 is 3.22. The summed E-state index contributed by atoms with van der Waals surface area (Å²) in [6.07, 6.45) is 4.93. The van der Waals surface area contributed by atoms with Gasteiger partial charge >= 0.3 is 0 Å². The zero-order valence-electron chi connectivity index (χ0n) is 10.2. The van der Waals surface area contributed by atoms with E-state index in [1.165, 1.54) is 24.3 Å². The van der Waals surface area contributed by atoms with Crippen LogP contribution < -0.4 is 0 Å². The van der Waals surface area contributed by atoms with Gasteiger partial charge in [-0.15, -0.1) is 0 Å². The van der Waals surface area contributed by atoms with Crippen LogP contribution in [-0.4, -0.2) is 15.7 Å². The number of aromatic nitrogens is 1. The summed E-state index contributed by atoms with van der Waals surface area (Å²) in [5.41, 5.74) is 1.17. The number of carbonyl (C=O) groups excluding carboxylic acids is 1. The summed E-state index contributed by atoms with van der Waals surface area (Å²) in [5.74, 6) is -0.239. The highest BCUT2D eigenvalue weighted by molar-refractivity contribution is 9.12. The number of allylic oxidation sites excluding steroid dienone is 1. The number of carbonyl (C=O) groups is 1. The number of Topliss-reactive ketones (excluding diaryl/α,β-unsaturated/α-hetero) is 1. The smallest absolute Gasteiger partial charge is 0.269 e. The van der Waals surface area contributed by atoms with Crippen molar-refractivity contribution in [3.05, 3.63) is 74.5 Å². The second kappa shape index (κ2) is 6.21. The van der Waals surface area contributed by atoms with Gasteiger partial charge in [0.1, 0.15) is 0 Å². The number of hydrogen-bond donors (Lipinski definition) is 0. The van der Waals surface area contributed by atoms with E-state index < -0.39 is 4.92 Å². The molecule has 1 aromatic carbocycles. The number of non-ortho nitro benzene ring substituents is 1. The summed E-state index contributed by atoms with van der Waals surface area (Å²) < 4.78 is 0.373. The van der Waals surface area contributed by atoms with E-state index in [0.29, 0.717) is 10.0 Å². The van der Waals surface area contributed by atoms with Gasteiger partial charge in [0.2, 0.25) is 0 Å². The molecule has 0 spiro atoms. The van der Waals surface area contributed by atoms with Gasteiger partial charge in [-0.05, 0) is 51.8 Å². The summed E-state index contributed by atoms with van der Waals surface area (Å²) in [6.45, 7) is 0. The van der Waals surface area contributed by atoms with Crippen LogP contribution >= 0.6 is 15.9 Å². The molecule has 0 N–H and O–H groups in total. The quantitative estimate of drug-likeness (QED) is 0.371. The van der Waals surface area contributed by atoms with Gasteiger partial charge in [-0.25, -0.2) is 0 Å². The molecule has 0 radical (unpaired) electrons. The van der Waals surface area contributed by atoms with Crippen molar-refractivity contribution in [2.24, 2.45) is 0 Å². The molecule has 0 saturated carbocycles. The Balaban J connectivity index is 2.22. The van der Waals surface area contributed by atoms with Crippen LogP contribution in [-0.2, 0) is 0 Å². The van der Waals surface area contributed by atoms with Crippen LogP contribution in [0.5, 0.6) is 0 Å². The zero-order valence-corrected chi connectivity index (χ0v) is 11.8. The first-order valence-corrected chi connectivity index (χ1v) is 6.43. The van der Waals surface area contributed by atoms with Crippen molar-refractivity contribution in [2.45, 2.75) is 0 Å². The Bertz CT molecular complexity index is 667. The van der Waals surface area contributed by atoms with Gasteiger partial charge in [0, 0.05) is 30.1 Å². The second-order valence-electron chi connectivity index (χ2n) is 3.91. The summed E-state index contributed by atoms with van der Waals surface area (Å²) in [7, 11) is 0. The number of hydrogen-bond acceptors (Lipinski definition) is 4. The van der Waals surface area contributed by atoms with Crippen molar-refractivity contribution in [3.63, 3.8) is 0 Å². The summed E-state index contributed by atoms with van der Waals surface area (Å²) in [5, 5.41) is 10.6. The lowest BCUT2D eigenvalue weighted by Crippen LogP contribution is -1.99. The molecule has 0 aliphatic rings. The SMILES string of the molecule is O=C(C(Br)=Cc1ccncc1)c1ccc([N+](=O)[O-])cc1. The standard InChI is InChI=1S/C14H9BrN2O3/c15-13(9-10-5-7-16-8-6-10)14(18)11-1-3-12(4-2-11)17(19)20/h1-9H. The summed E-state index contributed by atoms with van der Waals surface area (Å²) in [6, 6.07) is 9.01. The first kappa shape index (κ1) is 14.1. The molecule has 100 valence electrons. The van der Waals surface area contributed by atoms with E-state index >= 15 is 0 Å².